The van der Waals surface area contributed by atoms with Gasteiger partial charge in [-0.25, -0.2) is 0 Å². The quantitative estimate of drug-likeness (QED) is 0.699. The second kappa shape index (κ2) is 7.00. The van der Waals surface area contributed by atoms with Gasteiger partial charge < -0.3 is 9.84 Å². The Labute approximate surface area is 155 Å². The molecular weight excluding hydrogens is 354 g/mol. The molecule has 3 nitrogen and oxygen atoms in total. The van der Waals surface area contributed by atoms with E-state index < -0.39 is 6.10 Å². The molecule has 0 saturated heterocycles. The summed E-state index contributed by atoms with van der Waals surface area (Å²) in [6.45, 7) is 0.509. The Morgan fingerprint density at radius 1 is 1.20 bits per heavy atom. The molecule has 0 bridgehead atoms. The van der Waals surface area contributed by atoms with Gasteiger partial charge in [0.15, 0.2) is 0 Å². The van der Waals surface area contributed by atoms with Gasteiger partial charge >= 0.3 is 0 Å². The maximum atomic E-state index is 11.1. The third kappa shape index (κ3) is 3.21. The van der Waals surface area contributed by atoms with Gasteiger partial charge in [0.25, 0.3) is 0 Å². The van der Waals surface area contributed by atoms with Crippen LogP contribution in [0.15, 0.2) is 71.9 Å². The van der Waals surface area contributed by atoms with E-state index in [1.165, 1.54) is 4.88 Å². The molecule has 0 spiro atoms. The molecule has 0 aliphatic carbocycles. The molecule has 5 heteroatoms. The fraction of sp³-hybridized carbons (Fsp3) is 0.150. The van der Waals surface area contributed by atoms with Crippen LogP contribution in [-0.4, -0.2) is 16.7 Å². The molecule has 0 radical (unpaired) electrons. The summed E-state index contributed by atoms with van der Waals surface area (Å²) in [6, 6.07) is 15.3. The third-order valence-corrected chi connectivity index (χ3v) is 5.52. The van der Waals surface area contributed by atoms with Crippen molar-refractivity contribution >= 4 is 28.7 Å². The lowest BCUT2D eigenvalue weighted by atomic mass is 9.89. The standard InChI is InChI=1S/C20H16ClNO2S/c21-15-6-1-4-13(10-15)20-18(19(23)14-5-2-8-22-11-14)16(12-24-20)17-7-3-9-25-17/h1-11,16,19,23H,12H2. The number of rotatable bonds is 4. The van der Waals surface area contributed by atoms with Crippen molar-refractivity contribution in [2.24, 2.45) is 0 Å². The van der Waals surface area contributed by atoms with Gasteiger partial charge in [-0.3, -0.25) is 4.98 Å². The van der Waals surface area contributed by atoms with Crippen LogP contribution in [0.1, 0.15) is 28.0 Å². The number of pyridine rings is 1. The van der Waals surface area contributed by atoms with E-state index in [2.05, 4.69) is 11.1 Å². The molecule has 4 rings (SSSR count). The Morgan fingerprint density at radius 3 is 2.84 bits per heavy atom. The van der Waals surface area contributed by atoms with E-state index in [1.54, 1.807) is 23.7 Å². The van der Waals surface area contributed by atoms with Crippen LogP contribution in [0.5, 0.6) is 0 Å². The van der Waals surface area contributed by atoms with Crippen LogP contribution in [0.2, 0.25) is 5.02 Å². The van der Waals surface area contributed by atoms with Crippen molar-refractivity contribution in [3.8, 4) is 0 Å². The number of ether oxygens (including phenoxy) is 1. The van der Waals surface area contributed by atoms with Gasteiger partial charge in [-0.15, -0.1) is 11.3 Å². The Kier molecular flexibility index (Phi) is 4.57. The van der Waals surface area contributed by atoms with Crippen LogP contribution in [0.25, 0.3) is 5.76 Å². The number of aliphatic hydroxyl groups is 1. The molecule has 0 fully saturated rings. The lowest BCUT2D eigenvalue weighted by Crippen LogP contribution is -2.09. The normalized spacial score (nSPS) is 18.2. The van der Waals surface area contributed by atoms with Crippen LogP contribution >= 0.6 is 22.9 Å². The maximum Gasteiger partial charge on any atom is 0.129 e. The number of hydrogen-bond acceptors (Lipinski definition) is 4. The zero-order valence-corrected chi connectivity index (χ0v) is 14.9. The molecule has 2 atom stereocenters. The summed E-state index contributed by atoms with van der Waals surface area (Å²) in [5, 5.41) is 13.8. The van der Waals surface area contributed by atoms with E-state index in [0.717, 1.165) is 16.7 Å². The van der Waals surface area contributed by atoms with Crippen molar-refractivity contribution in [2.75, 3.05) is 6.61 Å². The third-order valence-electron chi connectivity index (χ3n) is 4.30. The first-order valence-electron chi connectivity index (χ1n) is 7.98. The molecule has 3 aromatic rings. The van der Waals surface area contributed by atoms with Gasteiger partial charge in [0.1, 0.15) is 11.9 Å². The van der Waals surface area contributed by atoms with Crippen molar-refractivity contribution in [3.63, 3.8) is 0 Å². The van der Waals surface area contributed by atoms with Gasteiger partial charge in [0.2, 0.25) is 0 Å². The lowest BCUT2D eigenvalue weighted by molar-refractivity contribution is 0.209. The first kappa shape index (κ1) is 16.3. The molecule has 1 aromatic carbocycles. The summed E-state index contributed by atoms with van der Waals surface area (Å²) >= 11 is 7.82. The van der Waals surface area contributed by atoms with Crippen LogP contribution in [0.4, 0.5) is 0 Å². The Morgan fingerprint density at radius 2 is 2.12 bits per heavy atom. The highest BCUT2D eigenvalue weighted by molar-refractivity contribution is 7.10. The number of aromatic nitrogens is 1. The molecule has 0 amide bonds. The summed E-state index contributed by atoms with van der Waals surface area (Å²) in [6.07, 6.45) is 2.61. The fourth-order valence-corrected chi connectivity index (χ4v) is 4.16. The summed E-state index contributed by atoms with van der Waals surface area (Å²) < 4.78 is 6.03. The lowest BCUT2D eigenvalue weighted by Gasteiger charge is -2.18. The number of thiophene rings is 1. The van der Waals surface area contributed by atoms with E-state index in [-0.39, 0.29) is 5.92 Å². The van der Waals surface area contributed by atoms with Crippen LogP contribution < -0.4 is 0 Å². The van der Waals surface area contributed by atoms with Crippen molar-refractivity contribution in [1.29, 1.82) is 0 Å². The minimum absolute atomic E-state index is 0.0178. The van der Waals surface area contributed by atoms with E-state index in [9.17, 15) is 5.11 Å². The number of halogens is 1. The van der Waals surface area contributed by atoms with Gasteiger partial charge in [0.05, 0.1) is 12.5 Å². The number of benzene rings is 1. The summed E-state index contributed by atoms with van der Waals surface area (Å²) in [5.74, 6) is 0.724. The van der Waals surface area contributed by atoms with Crippen LogP contribution in [0, 0.1) is 0 Å². The van der Waals surface area contributed by atoms with E-state index in [0.29, 0.717) is 17.4 Å². The van der Waals surface area contributed by atoms with E-state index in [1.807, 2.05) is 47.8 Å². The minimum Gasteiger partial charge on any atom is -0.492 e. The Bertz CT molecular complexity index is 893. The first-order chi connectivity index (χ1) is 12.2. The van der Waals surface area contributed by atoms with E-state index >= 15 is 0 Å². The number of aliphatic hydroxyl groups excluding tert-OH is 1. The minimum atomic E-state index is -0.780. The molecule has 3 heterocycles. The monoisotopic (exact) mass is 369 g/mol. The molecule has 0 saturated carbocycles. The highest BCUT2D eigenvalue weighted by Crippen LogP contribution is 2.46. The Balaban J connectivity index is 1.84. The Hall–Kier alpha value is -2.14. The SMILES string of the molecule is OC(C1=C(c2cccc(Cl)c2)OCC1c1cccs1)c1cccnc1. The van der Waals surface area contributed by atoms with Crippen LogP contribution in [-0.2, 0) is 4.74 Å². The van der Waals surface area contributed by atoms with Crippen molar-refractivity contribution in [3.05, 3.63) is 92.9 Å². The zero-order valence-electron chi connectivity index (χ0n) is 13.3. The molecule has 2 aromatic heterocycles. The highest BCUT2D eigenvalue weighted by Gasteiger charge is 2.35. The zero-order chi connectivity index (χ0) is 17.2. The maximum absolute atomic E-state index is 11.1. The molecule has 1 aliphatic heterocycles. The molecule has 1 N–H and O–H groups in total. The summed E-state index contributed by atoms with van der Waals surface area (Å²) in [7, 11) is 0. The van der Waals surface area contributed by atoms with Crippen molar-refractivity contribution < 1.29 is 9.84 Å². The molecular formula is C20H16ClNO2S. The predicted octanol–water partition coefficient (Wildman–Crippen LogP) is 5.06. The second-order valence-corrected chi connectivity index (χ2v) is 7.28. The number of nitrogens with zero attached hydrogens (tertiary/aromatic N) is 1. The van der Waals surface area contributed by atoms with Gasteiger partial charge in [-0.1, -0.05) is 35.9 Å². The predicted molar refractivity (Wildman–Crippen MR) is 101 cm³/mol. The molecule has 25 heavy (non-hydrogen) atoms. The first-order valence-corrected chi connectivity index (χ1v) is 9.24. The van der Waals surface area contributed by atoms with Gasteiger partial charge in [-0.05, 0) is 29.6 Å². The summed E-state index contributed by atoms with van der Waals surface area (Å²) in [5.41, 5.74) is 2.49. The number of hydrogen-bond donors (Lipinski definition) is 1. The smallest absolute Gasteiger partial charge is 0.129 e. The van der Waals surface area contributed by atoms with Gasteiger partial charge in [0, 0.05) is 39.0 Å². The fourth-order valence-electron chi connectivity index (χ4n) is 3.13. The molecule has 126 valence electrons. The van der Waals surface area contributed by atoms with E-state index in [4.69, 9.17) is 16.3 Å². The molecule has 1 aliphatic rings. The van der Waals surface area contributed by atoms with Gasteiger partial charge in [-0.2, -0.15) is 0 Å². The second-order valence-electron chi connectivity index (χ2n) is 5.86. The average molecular weight is 370 g/mol. The highest BCUT2D eigenvalue weighted by atomic mass is 35.5. The largest absolute Gasteiger partial charge is 0.492 e. The topological polar surface area (TPSA) is 42.4 Å². The summed E-state index contributed by atoms with van der Waals surface area (Å²) in [4.78, 5) is 5.31. The molecule has 2 unspecified atom stereocenters. The van der Waals surface area contributed by atoms with Crippen molar-refractivity contribution in [2.45, 2.75) is 12.0 Å². The van der Waals surface area contributed by atoms with Crippen LogP contribution in [0.3, 0.4) is 0 Å². The average Bonchev–Trinajstić information content (AvgIpc) is 3.31. The van der Waals surface area contributed by atoms with Crippen molar-refractivity contribution in [1.82, 2.24) is 4.98 Å².